The zero-order valence-electron chi connectivity index (χ0n) is 13.1. The van der Waals surface area contributed by atoms with Gasteiger partial charge >= 0.3 is 0 Å². The fraction of sp³-hybridized carbons (Fsp3) is 0.647. The molecule has 1 amide bonds. The highest BCUT2D eigenvalue weighted by atomic mass is 16.1. The third-order valence-corrected chi connectivity index (χ3v) is 4.57. The van der Waals surface area contributed by atoms with Gasteiger partial charge in [0.05, 0.1) is 0 Å². The summed E-state index contributed by atoms with van der Waals surface area (Å²) in [6.07, 6.45) is 6.03. The average molecular weight is 274 g/mol. The van der Waals surface area contributed by atoms with E-state index in [-0.39, 0.29) is 11.8 Å². The normalized spacial score (nSPS) is 23.4. The van der Waals surface area contributed by atoms with E-state index in [1.807, 2.05) is 19.1 Å². The molecule has 1 heterocycles. The van der Waals surface area contributed by atoms with Crippen molar-refractivity contribution in [2.75, 3.05) is 5.32 Å². The van der Waals surface area contributed by atoms with E-state index in [4.69, 9.17) is 0 Å². The maximum absolute atomic E-state index is 12.3. The van der Waals surface area contributed by atoms with E-state index >= 15 is 0 Å². The first-order valence-corrected chi connectivity index (χ1v) is 7.60. The molecule has 1 fully saturated rings. The second kappa shape index (κ2) is 5.94. The van der Waals surface area contributed by atoms with Gasteiger partial charge in [0.2, 0.25) is 5.91 Å². The van der Waals surface area contributed by atoms with Crippen molar-refractivity contribution in [2.45, 2.75) is 53.4 Å². The van der Waals surface area contributed by atoms with Crippen LogP contribution in [0.1, 0.15) is 52.0 Å². The minimum absolute atomic E-state index is 0.138. The summed E-state index contributed by atoms with van der Waals surface area (Å²) in [6.45, 7) is 8.87. The Hall–Kier alpha value is -1.38. The summed E-state index contributed by atoms with van der Waals surface area (Å²) in [5.74, 6) is 1.73. The summed E-state index contributed by atoms with van der Waals surface area (Å²) < 4.78 is 0. The first-order valence-electron chi connectivity index (χ1n) is 7.60. The lowest BCUT2D eigenvalue weighted by molar-refractivity contribution is -0.121. The van der Waals surface area contributed by atoms with Crippen LogP contribution in [0.2, 0.25) is 0 Å². The summed E-state index contributed by atoms with van der Waals surface area (Å²) in [5, 5.41) is 2.98. The second-order valence-electron chi connectivity index (χ2n) is 7.07. The van der Waals surface area contributed by atoms with Crippen molar-refractivity contribution in [1.29, 1.82) is 0 Å². The minimum Gasteiger partial charge on any atom is -0.310 e. The van der Waals surface area contributed by atoms with Crippen LogP contribution in [-0.2, 0) is 4.79 Å². The summed E-state index contributed by atoms with van der Waals surface area (Å²) in [6, 6.07) is 3.86. The molecule has 1 aromatic rings. The van der Waals surface area contributed by atoms with Crippen molar-refractivity contribution < 1.29 is 4.79 Å². The van der Waals surface area contributed by atoms with Crippen LogP contribution in [0.5, 0.6) is 0 Å². The highest BCUT2D eigenvalue weighted by Gasteiger charge is 2.32. The number of rotatable bonds is 2. The van der Waals surface area contributed by atoms with Crippen LogP contribution in [-0.4, -0.2) is 10.9 Å². The van der Waals surface area contributed by atoms with Gasteiger partial charge in [0, 0.05) is 12.1 Å². The van der Waals surface area contributed by atoms with Crippen LogP contribution < -0.4 is 5.32 Å². The molecule has 110 valence electrons. The number of carbonyl (C=O) groups is 1. The van der Waals surface area contributed by atoms with Crippen LogP contribution >= 0.6 is 0 Å². The first-order chi connectivity index (χ1) is 9.38. The number of hydrogen-bond acceptors (Lipinski definition) is 2. The predicted octanol–water partition coefficient (Wildman–Crippen LogP) is 4.18. The molecule has 0 atom stereocenters. The van der Waals surface area contributed by atoms with Crippen LogP contribution in [0.3, 0.4) is 0 Å². The molecule has 0 aromatic carbocycles. The van der Waals surface area contributed by atoms with E-state index in [1.165, 1.54) is 0 Å². The van der Waals surface area contributed by atoms with Crippen molar-refractivity contribution in [3.63, 3.8) is 0 Å². The lowest BCUT2D eigenvalue weighted by atomic mass is 9.69. The third kappa shape index (κ3) is 3.59. The van der Waals surface area contributed by atoms with E-state index in [9.17, 15) is 4.79 Å². The molecule has 0 aliphatic heterocycles. The Morgan fingerprint density at radius 1 is 1.25 bits per heavy atom. The van der Waals surface area contributed by atoms with E-state index < -0.39 is 0 Å². The minimum atomic E-state index is 0.138. The van der Waals surface area contributed by atoms with E-state index in [0.29, 0.717) is 11.2 Å². The largest absolute Gasteiger partial charge is 0.310 e. The predicted molar refractivity (Wildman–Crippen MR) is 82.5 cm³/mol. The van der Waals surface area contributed by atoms with Gasteiger partial charge < -0.3 is 5.32 Å². The standard InChI is InChI=1S/C17H26N2O/c1-12-6-5-11-18-15(12)19-16(20)13-7-9-14(10-8-13)17(2,3)4/h5-6,11,13-14H,7-10H2,1-4H3,(H,18,19,20). The summed E-state index contributed by atoms with van der Waals surface area (Å²) in [5.41, 5.74) is 1.38. The van der Waals surface area contributed by atoms with Crippen molar-refractivity contribution in [3.8, 4) is 0 Å². The molecule has 1 N–H and O–H groups in total. The molecule has 20 heavy (non-hydrogen) atoms. The van der Waals surface area contributed by atoms with Gasteiger partial charge in [-0.1, -0.05) is 26.8 Å². The molecule has 3 heteroatoms. The maximum atomic E-state index is 12.3. The Morgan fingerprint density at radius 2 is 1.90 bits per heavy atom. The quantitative estimate of drug-likeness (QED) is 0.879. The Bertz CT molecular complexity index is 468. The summed E-state index contributed by atoms with van der Waals surface area (Å²) in [7, 11) is 0. The van der Waals surface area contributed by atoms with Gasteiger partial charge in [0.15, 0.2) is 0 Å². The number of pyridine rings is 1. The number of aryl methyl sites for hydroxylation is 1. The van der Waals surface area contributed by atoms with Crippen molar-refractivity contribution in [1.82, 2.24) is 4.98 Å². The van der Waals surface area contributed by atoms with Crippen LogP contribution in [0, 0.1) is 24.2 Å². The Labute approximate surface area is 122 Å². The van der Waals surface area contributed by atoms with E-state index in [0.717, 1.165) is 37.2 Å². The number of nitrogens with one attached hydrogen (secondary N) is 1. The Balaban J connectivity index is 1.91. The number of anilines is 1. The molecule has 1 saturated carbocycles. The lowest BCUT2D eigenvalue weighted by Gasteiger charge is -2.36. The molecule has 0 unspecified atom stereocenters. The number of amides is 1. The average Bonchev–Trinajstić information content (AvgIpc) is 2.40. The van der Waals surface area contributed by atoms with Crippen molar-refractivity contribution in [3.05, 3.63) is 23.9 Å². The second-order valence-corrected chi connectivity index (χ2v) is 7.07. The fourth-order valence-electron chi connectivity index (χ4n) is 3.06. The zero-order chi connectivity index (χ0) is 14.8. The first kappa shape index (κ1) is 15.0. The lowest BCUT2D eigenvalue weighted by Crippen LogP contribution is -2.31. The molecule has 3 nitrogen and oxygen atoms in total. The molecule has 1 aromatic heterocycles. The monoisotopic (exact) mass is 274 g/mol. The van der Waals surface area contributed by atoms with Gasteiger partial charge in [-0.2, -0.15) is 0 Å². The van der Waals surface area contributed by atoms with Gasteiger partial charge in [0.1, 0.15) is 5.82 Å². The molecule has 0 saturated heterocycles. The van der Waals surface area contributed by atoms with Gasteiger partial charge in [0.25, 0.3) is 0 Å². The van der Waals surface area contributed by atoms with E-state index in [1.54, 1.807) is 6.20 Å². The number of hydrogen-bond donors (Lipinski definition) is 1. The Morgan fingerprint density at radius 3 is 2.45 bits per heavy atom. The van der Waals surface area contributed by atoms with Crippen molar-refractivity contribution >= 4 is 11.7 Å². The topological polar surface area (TPSA) is 42.0 Å². The molecule has 2 rings (SSSR count). The number of nitrogens with zero attached hydrogens (tertiary/aromatic N) is 1. The molecule has 1 aliphatic rings. The smallest absolute Gasteiger partial charge is 0.228 e. The third-order valence-electron chi connectivity index (χ3n) is 4.57. The van der Waals surface area contributed by atoms with Gasteiger partial charge in [-0.15, -0.1) is 0 Å². The Kier molecular flexibility index (Phi) is 4.46. The highest BCUT2D eigenvalue weighted by Crippen LogP contribution is 2.40. The van der Waals surface area contributed by atoms with Crippen LogP contribution in [0.25, 0.3) is 0 Å². The summed E-state index contributed by atoms with van der Waals surface area (Å²) in [4.78, 5) is 16.6. The van der Waals surface area contributed by atoms with Crippen LogP contribution in [0.15, 0.2) is 18.3 Å². The van der Waals surface area contributed by atoms with Gasteiger partial charge in [-0.25, -0.2) is 4.98 Å². The molecular weight excluding hydrogens is 248 g/mol. The van der Waals surface area contributed by atoms with Crippen LogP contribution in [0.4, 0.5) is 5.82 Å². The summed E-state index contributed by atoms with van der Waals surface area (Å²) >= 11 is 0. The molecule has 0 bridgehead atoms. The van der Waals surface area contributed by atoms with E-state index in [2.05, 4.69) is 31.1 Å². The fourth-order valence-corrected chi connectivity index (χ4v) is 3.06. The molecule has 1 aliphatic carbocycles. The molecular formula is C17H26N2O. The molecule has 0 radical (unpaired) electrons. The molecule has 0 spiro atoms. The van der Waals surface area contributed by atoms with Crippen molar-refractivity contribution in [2.24, 2.45) is 17.3 Å². The van der Waals surface area contributed by atoms with Gasteiger partial charge in [-0.3, -0.25) is 4.79 Å². The highest BCUT2D eigenvalue weighted by molar-refractivity contribution is 5.92. The number of aromatic nitrogens is 1. The van der Waals surface area contributed by atoms with Gasteiger partial charge in [-0.05, 0) is 55.6 Å². The SMILES string of the molecule is Cc1cccnc1NC(=O)C1CCC(C(C)(C)C)CC1. The number of carbonyl (C=O) groups excluding carboxylic acids is 1. The maximum Gasteiger partial charge on any atom is 0.228 e. The zero-order valence-corrected chi connectivity index (χ0v) is 13.1.